The molecule has 0 fully saturated rings. The van der Waals surface area contributed by atoms with Gasteiger partial charge in [-0.3, -0.25) is 4.98 Å². The van der Waals surface area contributed by atoms with Crippen molar-refractivity contribution >= 4 is 29.3 Å². The fraction of sp³-hybridized carbons (Fsp3) is 0. The zero-order chi connectivity index (χ0) is 12.3. The van der Waals surface area contributed by atoms with Gasteiger partial charge in [-0.05, 0) is 30.3 Å². The molecule has 17 heavy (non-hydrogen) atoms. The normalized spacial score (nSPS) is 10.2. The quantitative estimate of drug-likeness (QED) is 0.921. The largest absolute Gasteiger partial charge is 0.478 e. The predicted octanol–water partition coefficient (Wildman–Crippen LogP) is 3.58. The molecule has 0 aliphatic carbocycles. The molecule has 0 radical (unpaired) electrons. The van der Waals surface area contributed by atoms with Crippen LogP contribution in [0.1, 0.15) is 10.4 Å². The van der Waals surface area contributed by atoms with Gasteiger partial charge < -0.3 is 5.11 Å². The topological polar surface area (TPSA) is 50.2 Å². The summed E-state index contributed by atoms with van der Waals surface area (Å²) in [7, 11) is 0. The maximum Gasteiger partial charge on any atom is 0.336 e. The molecule has 2 rings (SSSR count). The standard InChI is InChI=1S/C12H8ClNO2S/c13-8-1-2-11(10(7-8)12(15)16)17-9-3-5-14-6-4-9/h1-7H,(H,15,16). The fourth-order valence-corrected chi connectivity index (χ4v) is 2.37. The Hall–Kier alpha value is -1.52. The molecule has 0 aliphatic rings. The molecule has 1 N–H and O–H groups in total. The van der Waals surface area contributed by atoms with Gasteiger partial charge in [0.15, 0.2) is 0 Å². The van der Waals surface area contributed by atoms with Crippen LogP contribution in [-0.4, -0.2) is 16.1 Å². The number of hydrogen-bond acceptors (Lipinski definition) is 3. The Morgan fingerprint density at radius 1 is 1.24 bits per heavy atom. The van der Waals surface area contributed by atoms with Crippen molar-refractivity contribution in [1.29, 1.82) is 0 Å². The molecule has 1 aromatic carbocycles. The molecule has 1 heterocycles. The van der Waals surface area contributed by atoms with Crippen molar-refractivity contribution in [1.82, 2.24) is 4.98 Å². The molecule has 0 atom stereocenters. The van der Waals surface area contributed by atoms with Gasteiger partial charge in [-0.15, -0.1) is 0 Å². The van der Waals surface area contributed by atoms with Crippen LogP contribution in [0, 0.1) is 0 Å². The van der Waals surface area contributed by atoms with Crippen LogP contribution >= 0.6 is 23.4 Å². The number of aromatic nitrogens is 1. The lowest BCUT2D eigenvalue weighted by Gasteiger charge is -2.05. The molecule has 0 unspecified atom stereocenters. The Morgan fingerprint density at radius 3 is 2.59 bits per heavy atom. The number of carboxylic acids is 1. The van der Waals surface area contributed by atoms with Crippen LogP contribution < -0.4 is 0 Å². The van der Waals surface area contributed by atoms with Crippen molar-refractivity contribution in [3.8, 4) is 0 Å². The van der Waals surface area contributed by atoms with Crippen LogP contribution in [0.3, 0.4) is 0 Å². The summed E-state index contributed by atoms with van der Waals surface area (Å²) >= 11 is 7.15. The molecule has 1 aromatic heterocycles. The molecule has 0 aliphatic heterocycles. The highest BCUT2D eigenvalue weighted by molar-refractivity contribution is 7.99. The first kappa shape index (κ1) is 12.0. The third kappa shape index (κ3) is 2.99. The Kier molecular flexibility index (Phi) is 3.66. The number of hydrogen-bond donors (Lipinski definition) is 1. The van der Waals surface area contributed by atoms with Crippen LogP contribution in [0.25, 0.3) is 0 Å². The first-order chi connectivity index (χ1) is 8.16. The minimum atomic E-state index is -0.982. The first-order valence-corrected chi connectivity index (χ1v) is 5.97. The van der Waals surface area contributed by atoms with E-state index < -0.39 is 5.97 Å². The second-order valence-corrected chi connectivity index (χ2v) is 4.78. The third-order valence-corrected chi connectivity index (χ3v) is 3.37. The van der Waals surface area contributed by atoms with Crippen molar-refractivity contribution in [2.45, 2.75) is 9.79 Å². The van der Waals surface area contributed by atoms with Crippen LogP contribution in [0.4, 0.5) is 0 Å². The SMILES string of the molecule is O=C(O)c1cc(Cl)ccc1Sc1ccncc1. The average Bonchev–Trinajstić information content (AvgIpc) is 2.32. The fourth-order valence-electron chi connectivity index (χ4n) is 1.29. The summed E-state index contributed by atoms with van der Waals surface area (Å²) in [6, 6.07) is 8.48. The zero-order valence-electron chi connectivity index (χ0n) is 8.63. The molecule has 0 saturated carbocycles. The van der Waals surface area contributed by atoms with Crippen LogP contribution in [0.5, 0.6) is 0 Å². The average molecular weight is 266 g/mol. The highest BCUT2D eigenvalue weighted by atomic mass is 35.5. The molecule has 0 saturated heterocycles. The number of benzene rings is 1. The van der Waals surface area contributed by atoms with E-state index in [0.29, 0.717) is 9.92 Å². The second-order valence-electron chi connectivity index (χ2n) is 3.23. The Bertz CT molecular complexity index is 545. The van der Waals surface area contributed by atoms with Gasteiger partial charge in [0.25, 0.3) is 0 Å². The van der Waals surface area contributed by atoms with E-state index in [4.69, 9.17) is 16.7 Å². The van der Waals surface area contributed by atoms with Crippen molar-refractivity contribution in [3.05, 3.63) is 53.3 Å². The van der Waals surface area contributed by atoms with Gasteiger partial charge in [0.1, 0.15) is 0 Å². The number of nitrogens with zero attached hydrogens (tertiary/aromatic N) is 1. The highest BCUT2D eigenvalue weighted by Crippen LogP contribution is 2.31. The van der Waals surface area contributed by atoms with Crippen molar-refractivity contribution < 1.29 is 9.90 Å². The van der Waals surface area contributed by atoms with Crippen LogP contribution in [0.2, 0.25) is 5.02 Å². The molecule has 5 heteroatoms. The first-order valence-electron chi connectivity index (χ1n) is 4.77. The van der Waals surface area contributed by atoms with Crippen LogP contribution in [-0.2, 0) is 0 Å². The predicted molar refractivity (Wildman–Crippen MR) is 66.8 cm³/mol. The highest BCUT2D eigenvalue weighted by Gasteiger charge is 2.11. The number of carbonyl (C=O) groups is 1. The summed E-state index contributed by atoms with van der Waals surface area (Å²) in [5.74, 6) is -0.982. The third-order valence-electron chi connectivity index (χ3n) is 2.05. The summed E-state index contributed by atoms with van der Waals surface area (Å²) in [6.45, 7) is 0. The van der Waals surface area contributed by atoms with Crippen LogP contribution in [0.15, 0.2) is 52.5 Å². The molecular formula is C12H8ClNO2S. The van der Waals surface area contributed by atoms with Gasteiger partial charge in [0.2, 0.25) is 0 Å². The van der Waals surface area contributed by atoms with Gasteiger partial charge in [-0.2, -0.15) is 0 Å². The summed E-state index contributed by atoms with van der Waals surface area (Å²) in [5, 5.41) is 9.50. The monoisotopic (exact) mass is 265 g/mol. The summed E-state index contributed by atoms with van der Waals surface area (Å²) in [4.78, 5) is 16.6. The van der Waals surface area contributed by atoms with Gasteiger partial charge in [0.05, 0.1) is 5.56 Å². The van der Waals surface area contributed by atoms with Crippen molar-refractivity contribution in [2.24, 2.45) is 0 Å². The maximum absolute atomic E-state index is 11.1. The van der Waals surface area contributed by atoms with Crippen molar-refractivity contribution in [2.75, 3.05) is 0 Å². The number of halogens is 1. The van der Waals surface area contributed by atoms with Gasteiger partial charge in [0, 0.05) is 27.2 Å². The number of aromatic carboxylic acids is 1. The van der Waals surface area contributed by atoms with E-state index in [1.807, 2.05) is 12.1 Å². The number of rotatable bonds is 3. The minimum Gasteiger partial charge on any atom is -0.478 e. The van der Waals surface area contributed by atoms with Crippen molar-refractivity contribution in [3.63, 3.8) is 0 Å². The summed E-state index contributed by atoms with van der Waals surface area (Å²) in [5.41, 5.74) is 0.208. The van der Waals surface area contributed by atoms with E-state index in [0.717, 1.165) is 4.90 Å². The lowest BCUT2D eigenvalue weighted by atomic mass is 10.2. The van der Waals surface area contributed by atoms with Gasteiger partial charge in [-0.1, -0.05) is 23.4 Å². The number of pyridine rings is 1. The van der Waals surface area contributed by atoms with E-state index in [1.165, 1.54) is 17.8 Å². The molecule has 2 aromatic rings. The van der Waals surface area contributed by atoms with E-state index in [9.17, 15) is 4.79 Å². The zero-order valence-corrected chi connectivity index (χ0v) is 10.2. The van der Waals surface area contributed by atoms with E-state index in [-0.39, 0.29) is 5.56 Å². The lowest BCUT2D eigenvalue weighted by molar-refractivity contribution is 0.0693. The van der Waals surface area contributed by atoms with Gasteiger partial charge >= 0.3 is 5.97 Å². The molecular weight excluding hydrogens is 258 g/mol. The lowest BCUT2D eigenvalue weighted by Crippen LogP contribution is -1.98. The van der Waals surface area contributed by atoms with E-state index in [1.54, 1.807) is 24.5 Å². The second kappa shape index (κ2) is 5.21. The summed E-state index contributed by atoms with van der Waals surface area (Å²) in [6.07, 6.45) is 3.33. The molecule has 0 bridgehead atoms. The number of carboxylic acid groups (broad SMARTS) is 1. The molecule has 0 amide bonds. The Labute approximate surface area is 107 Å². The Morgan fingerprint density at radius 2 is 1.94 bits per heavy atom. The molecule has 3 nitrogen and oxygen atoms in total. The van der Waals surface area contributed by atoms with E-state index in [2.05, 4.69) is 4.98 Å². The summed E-state index contributed by atoms with van der Waals surface area (Å²) < 4.78 is 0. The minimum absolute atomic E-state index is 0.208. The molecule has 86 valence electrons. The van der Waals surface area contributed by atoms with E-state index >= 15 is 0 Å². The molecule has 0 spiro atoms. The smallest absolute Gasteiger partial charge is 0.336 e. The van der Waals surface area contributed by atoms with Gasteiger partial charge in [-0.25, -0.2) is 4.79 Å². The maximum atomic E-state index is 11.1. The Balaban J connectivity index is 2.36.